The summed E-state index contributed by atoms with van der Waals surface area (Å²) >= 11 is 1.67. The molecule has 5 heteroatoms. The normalized spacial score (nSPS) is 16.6. The van der Waals surface area contributed by atoms with Crippen molar-refractivity contribution in [3.63, 3.8) is 0 Å². The Morgan fingerprint density at radius 3 is 2.89 bits per heavy atom. The quantitative estimate of drug-likeness (QED) is 0.848. The Hall–Kier alpha value is -0.910. The van der Waals surface area contributed by atoms with Crippen molar-refractivity contribution in [1.29, 1.82) is 0 Å². The van der Waals surface area contributed by atoms with E-state index >= 15 is 0 Å². The summed E-state index contributed by atoms with van der Waals surface area (Å²) in [5, 5.41) is 5.45. The van der Waals surface area contributed by atoms with Crippen LogP contribution in [0.15, 0.2) is 17.8 Å². The number of thiazole rings is 1. The molecule has 19 heavy (non-hydrogen) atoms. The zero-order valence-electron chi connectivity index (χ0n) is 12.1. The molecule has 2 rings (SSSR count). The van der Waals surface area contributed by atoms with Crippen molar-refractivity contribution < 1.29 is 4.74 Å². The molecule has 2 unspecified atom stereocenters. The Balaban J connectivity index is 2.15. The number of hydrogen-bond donors (Lipinski definition) is 1. The molecule has 106 valence electrons. The fourth-order valence-corrected chi connectivity index (χ4v) is 3.20. The van der Waals surface area contributed by atoms with Gasteiger partial charge in [0.05, 0.1) is 11.3 Å². The van der Waals surface area contributed by atoms with E-state index in [1.807, 2.05) is 20.2 Å². The number of rotatable bonds is 7. The largest absolute Gasteiger partial charge is 0.374 e. The molecule has 0 amide bonds. The van der Waals surface area contributed by atoms with Crippen LogP contribution in [0.4, 0.5) is 0 Å². The van der Waals surface area contributed by atoms with Crippen LogP contribution < -0.4 is 5.32 Å². The van der Waals surface area contributed by atoms with Crippen LogP contribution in [0.2, 0.25) is 0 Å². The van der Waals surface area contributed by atoms with Crippen molar-refractivity contribution in [2.75, 3.05) is 13.7 Å². The molecule has 0 bridgehead atoms. The van der Waals surface area contributed by atoms with Crippen LogP contribution in [0.1, 0.15) is 32.9 Å². The molecular weight excluding hydrogens is 258 g/mol. The first-order valence-electron chi connectivity index (χ1n) is 6.85. The van der Waals surface area contributed by atoms with Crippen LogP contribution in [0, 0.1) is 0 Å². The predicted molar refractivity (Wildman–Crippen MR) is 79.9 cm³/mol. The third-order valence-corrected chi connectivity index (χ3v) is 4.59. The highest BCUT2D eigenvalue weighted by atomic mass is 32.1. The van der Waals surface area contributed by atoms with E-state index < -0.39 is 0 Å². The summed E-state index contributed by atoms with van der Waals surface area (Å²) in [6.45, 7) is 7.13. The second-order valence-electron chi connectivity index (χ2n) is 4.97. The summed E-state index contributed by atoms with van der Waals surface area (Å²) in [5.41, 5.74) is 0.964. The number of likely N-dealkylation sites (N-methyl/N-ethyl adjacent to an activating group) is 1. The first-order chi connectivity index (χ1) is 9.12. The number of imidazole rings is 1. The number of nitrogens with one attached hydrogen (secondary N) is 1. The van der Waals surface area contributed by atoms with Crippen LogP contribution in [-0.4, -0.2) is 34.7 Å². The molecule has 0 aliphatic heterocycles. The number of nitrogens with zero attached hydrogens (tertiary/aromatic N) is 2. The standard InChI is InChI=1S/C14H23N3OS/c1-5-14(3,18-6-2)12(15-4)9-11-10-17-7-8-19-13(17)16-11/h7-8,10,12,15H,5-6,9H2,1-4H3. The van der Waals surface area contributed by atoms with Crippen molar-refractivity contribution in [2.24, 2.45) is 0 Å². The van der Waals surface area contributed by atoms with E-state index in [2.05, 4.69) is 40.1 Å². The van der Waals surface area contributed by atoms with Gasteiger partial charge in [0.25, 0.3) is 0 Å². The van der Waals surface area contributed by atoms with Gasteiger partial charge in [0, 0.05) is 36.8 Å². The zero-order chi connectivity index (χ0) is 13.9. The maximum Gasteiger partial charge on any atom is 0.193 e. The molecule has 0 fully saturated rings. The topological polar surface area (TPSA) is 38.6 Å². The summed E-state index contributed by atoms with van der Waals surface area (Å²) in [4.78, 5) is 5.71. The smallest absolute Gasteiger partial charge is 0.193 e. The minimum atomic E-state index is -0.152. The van der Waals surface area contributed by atoms with Gasteiger partial charge in [-0.25, -0.2) is 4.98 Å². The van der Waals surface area contributed by atoms with Gasteiger partial charge in [-0.3, -0.25) is 4.40 Å². The molecule has 2 aromatic heterocycles. The Bertz CT molecular complexity index is 493. The van der Waals surface area contributed by atoms with Gasteiger partial charge >= 0.3 is 0 Å². The van der Waals surface area contributed by atoms with Gasteiger partial charge in [-0.2, -0.15) is 0 Å². The lowest BCUT2D eigenvalue weighted by Gasteiger charge is -2.36. The fourth-order valence-electron chi connectivity index (χ4n) is 2.49. The summed E-state index contributed by atoms with van der Waals surface area (Å²) in [6, 6.07) is 0.266. The second kappa shape index (κ2) is 6.03. The highest BCUT2D eigenvalue weighted by Gasteiger charge is 2.32. The molecule has 0 aliphatic carbocycles. The van der Waals surface area contributed by atoms with E-state index in [1.54, 1.807) is 11.3 Å². The molecule has 0 radical (unpaired) electrons. The average molecular weight is 281 g/mol. The van der Waals surface area contributed by atoms with E-state index in [-0.39, 0.29) is 11.6 Å². The third kappa shape index (κ3) is 2.99. The van der Waals surface area contributed by atoms with Gasteiger partial charge < -0.3 is 10.1 Å². The van der Waals surface area contributed by atoms with Gasteiger partial charge in [-0.15, -0.1) is 11.3 Å². The first-order valence-corrected chi connectivity index (χ1v) is 7.73. The summed E-state index contributed by atoms with van der Waals surface area (Å²) in [5.74, 6) is 0. The maximum absolute atomic E-state index is 5.96. The monoisotopic (exact) mass is 281 g/mol. The lowest BCUT2D eigenvalue weighted by atomic mass is 9.90. The molecule has 2 atom stereocenters. The Morgan fingerprint density at radius 1 is 1.53 bits per heavy atom. The molecule has 2 aromatic rings. The molecule has 0 aliphatic rings. The average Bonchev–Trinajstić information content (AvgIpc) is 2.96. The maximum atomic E-state index is 5.96. The van der Waals surface area contributed by atoms with Crippen LogP contribution in [0.5, 0.6) is 0 Å². The van der Waals surface area contributed by atoms with E-state index in [0.29, 0.717) is 0 Å². The Morgan fingerprint density at radius 2 is 2.32 bits per heavy atom. The van der Waals surface area contributed by atoms with E-state index in [0.717, 1.165) is 30.1 Å². The van der Waals surface area contributed by atoms with Crippen molar-refractivity contribution in [3.8, 4) is 0 Å². The Labute approximate surface area is 118 Å². The minimum absolute atomic E-state index is 0.152. The molecule has 0 spiro atoms. The van der Waals surface area contributed by atoms with Crippen molar-refractivity contribution in [3.05, 3.63) is 23.5 Å². The summed E-state index contributed by atoms with van der Waals surface area (Å²) < 4.78 is 8.05. The zero-order valence-corrected chi connectivity index (χ0v) is 13.0. The second-order valence-corrected chi connectivity index (χ2v) is 5.84. The van der Waals surface area contributed by atoms with E-state index in [4.69, 9.17) is 4.74 Å². The van der Waals surface area contributed by atoms with E-state index in [1.165, 1.54) is 0 Å². The molecular formula is C14H23N3OS. The molecule has 0 saturated carbocycles. The molecule has 2 heterocycles. The Kier molecular flexibility index (Phi) is 4.60. The molecule has 1 N–H and O–H groups in total. The van der Waals surface area contributed by atoms with Gasteiger partial charge in [0.1, 0.15) is 0 Å². The lowest BCUT2D eigenvalue weighted by Crippen LogP contribution is -2.50. The van der Waals surface area contributed by atoms with Crippen LogP contribution in [0.25, 0.3) is 4.96 Å². The molecule has 0 aromatic carbocycles. The SMILES string of the molecule is CCOC(C)(CC)C(Cc1cn2ccsc2n1)NC. The number of hydrogen-bond acceptors (Lipinski definition) is 4. The molecule has 4 nitrogen and oxygen atoms in total. The first kappa shape index (κ1) is 14.5. The van der Waals surface area contributed by atoms with Gasteiger partial charge in [0.2, 0.25) is 0 Å². The minimum Gasteiger partial charge on any atom is -0.374 e. The van der Waals surface area contributed by atoms with E-state index in [9.17, 15) is 0 Å². The van der Waals surface area contributed by atoms with Crippen LogP contribution in [-0.2, 0) is 11.2 Å². The molecule has 0 saturated heterocycles. The van der Waals surface area contributed by atoms with Crippen molar-refractivity contribution >= 4 is 16.3 Å². The highest BCUT2D eigenvalue weighted by molar-refractivity contribution is 7.15. The van der Waals surface area contributed by atoms with Gasteiger partial charge in [-0.1, -0.05) is 6.92 Å². The van der Waals surface area contributed by atoms with Crippen molar-refractivity contribution in [1.82, 2.24) is 14.7 Å². The number of ether oxygens (including phenoxy) is 1. The van der Waals surface area contributed by atoms with Gasteiger partial charge in [-0.05, 0) is 27.3 Å². The van der Waals surface area contributed by atoms with Crippen LogP contribution in [0.3, 0.4) is 0 Å². The van der Waals surface area contributed by atoms with Crippen LogP contribution >= 0.6 is 11.3 Å². The fraction of sp³-hybridized carbons (Fsp3) is 0.643. The van der Waals surface area contributed by atoms with Gasteiger partial charge in [0.15, 0.2) is 4.96 Å². The predicted octanol–water partition coefficient (Wildman–Crippen LogP) is 2.73. The summed E-state index contributed by atoms with van der Waals surface area (Å²) in [6.07, 6.45) is 6.02. The highest BCUT2D eigenvalue weighted by Crippen LogP contribution is 2.23. The third-order valence-electron chi connectivity index (χ3n) is 3.82. The lowest BCUT2D eigenvalue weighted by molar-refractivity contribution is -0.0535. The van der Waals surface area contributed by atoms with Crippen molar-refractivity contribution in [2.45, 2.75) is 45.3 Å². The summed E-state index contributed by atoms with van der Waals surface area (Å²) in [7, 11) is 2.00. The number of fused-ring (bicyclic) bond motifs is 1. The number of aromatic nitrogens is 2.